The first kappa shape index (κ1) is 30.8. The molecule has 0 bridgehead atoms. The first-order valence-corrected chi connectivity index (χ1v) is 14.6. The zero-order valence-corrected chi connectivity index (χ0v) is 22.2. The molecule has 0 aliphatic heterocycles. The molecule has 0 spiro atoms. The molecular formula is C28H56ClNO. The van der Waals surface area contributed by atoms with Gasteiger partial charge in [0, 0.05) is 13.1 Å². The first-order valence-electron chi connectivity index (χ1n) is 14.1. The van der Waals surface area contributed by atoms with Gasteiger partial charge in [-0.3, -0.25) is 4.79 Å². The third kappa shape index (κ3) is 22.7. The van der Waals surface area contributed by atoms with E-state index in [0.29, 0.717) is 0 Å². The van der Waals surface area contributed by atoms with Gasteiger partial charge in [-0.25, -0.2) is 0 Å². The minimum Gasteiger partial charge on any atom is -0.342 e. The summed E-state index contributed by atoms with van der Waals surface area (Å²) in [4.78, 5) is 14.2. The summed E-state index contributed by atoms with van der Waals surface area (Å²) in [5, 5.41) is 0. The normalized spacial score (nSPS) is 11.2. The zero-order chi connectivity index (χ0) is 22.8. The van der Waals surface area contributed by atoms with Gasteiger partial charge in [0.25, 0.3) is 0 Å². The average Bonchev–Trinajstić information content (AvgIpc) is 2.79. The summed E-state index contributed by atoms with van der Waals surface area (Å²) in [6, 6.07) is 0. The summed E-state index contributed by atoms with van der Waals surface area (Å²) in [6.07, 6.45) is 29.7. The van der Waals surface area contributed by atoms with Crippen LogP contribution in [0.15, 0.2) is 0 Å². The number of unbranched alkanes of at least 4 members (excludes halogenated alkanes) is 20. The van der Waals surface area contributed by atoms with Crippen molar-refractivity contribution in [1.29, 1.82) is 0 Å². The molecule has 0 aromatic rings. The molecule has 0 aliphatic rings. The summed E-state index contributed by atoms with van der Waals surface area (Å²) in [6.45, 7) is 6.36. The molecule has 186 valence electrons. The Morgan fingerprint density at radius 3 is 1.00 bits per heavy atom. The van der Waals surface area contributed by atoms with Crippen LogP contribution in [0.4, 0.5) is 0 Å². The van der Waals surface area contributed by atoms with Gasteiger partial charge in [0.15, 0.2) is 0 Å². The summed E-state index contributed by atoms with van der Waals surface area (Å²) >= 11 is 5.84. The lowest BCUT2D eigenvalue weighted by atomic mass is 10.1. The Morgan fingerprint density at radius 1 is 0.484 bits per heavy atom. The molecule has 1 amide bonds. The second-order valence-corrected chi connectivity index (χ2v) is 9.85. The Morgan fingerprint density at radius 2 is 0.742 bits per heavy atom. The van der Waals surface area contributed by atoms with Gasteiger partial charge in [-0.2, -0.15) is 0 Å². The highest BCUT2D eigenvalue weighted by molar-refractivity contribution is 6.27. The van der Waals surface area contributed by atoms with Crippen molar-refractivity contribution in [1.82, 2.24) is 4.90 Å². The van der Waals surface area contributed by atoms with Crippen LogP contribution in [0.3, 0.4) is 0 Å². The van der Waals surface area contributed by atoms with Crippen LogP contribution in [0.1, 0.15) is 155 Å². The van der Waals surface area contributed by atoms with Crippen LogP contribution >= 0.6 is 11.6 Å². The molecule has 0 heterocycles. The van der Waals surface area contributed by atoms with Gasteiger partial charge in [-0.05, 0) is 12.8 Å². The number of rotatable bonds is 25. The Balaban J connectivity index is 3.57. The molecule has 31 heavy (non-hydrogen) atoms. The van der Waals surface area contributed by atoms with Crippen molar-refractivity contribution in [2.75, 3.05) is 19.0 Å². The van der Waals surface area contributed by atoms with E-state index in [4.69, 9.17) is 11.6 Å². The zero-order valence-electron chi connectivity index (χ0n) is 21.4. The van der Waals surface area contributed by atoms with Crippen LogP contribution in [0.5, 0.6) is 0 Å². The van der Waals surface area contributed by atoms with Crippen molar-refractivity contribution < 1.29 is 4.79 Å². The molecule has 0 aromatic carbocycles. The third-order valence-corrected chi connectivity index (χ3v) is 6.76. The highest BCUT2D eigenvalue weighted by Crippen LogP contribution is 2.13. The monoisotopic (exact) mass is 457 g/mol. The van der Waals surface area contributed by atoms with Gasteiger partial charge < -0.3 is 4.90 Å². The molecule has 0 fully saturated rings. The molecule has 0 aromatic heterocycles. The summed E-state index contributed by atoms with van der Waals surface area (Å²) in [7, 11) is 0. The molecule has 2 nitrogen and oxygen atoms in total. The van der Waals surface area contributed by atoms with Crippen molar-refractivity contribution in [3.05, 3.63) is 0 Å². The third-order valence-electron chi connectivity index (χ3n) is 6.53. The van der Waals surface area contributed by atoms with Crippen LogP contribution in [-0.4, -0.2) is 29.8 Å². The minimum atomic E-state index is 0.126. The van der Waals surface area contributed by atoms with E-state index >= 15 is 0 Å². The molecule has 0 radical (unpaired) electrons. The fourth-order valence-corrected chi connectivity index (χ4v) is 4.55. The summed E-state index contributed by atoms with van der Waals surface area (Å²) < 4.78 is 0. The van der Waals surface area contributed by atoms with E-state index in [1.165, 1.54) is 128 Å². The SMILES string of the molecule is CCCCCCCCCCCCCN(CCCCCCCCCCCCC)C(=O)CCl. The summed E-state index contributed by atoms with van der Waals surface area (Å²) in [5.41, 5.74) is 0. The van der Waals surface area contributed by atoms with Gasteiger partial charge in [0.1, 0.15) is 5.88 Å². The number of hydrogen-bond acceptors (Lipinski definition) is 1. The number of halogens is 1. The van der Waals surface area contributed by atoms with E-state index in [1.807, 2.05) is 4.90 Å². The fourth-order valence-electron chi connectivity index (χ4n) is 4.38. The van der Waals surface area contributed by atoms with Crippen molar-refractivity contribution in [2.45, 2.75) is 155 Å². The first-order chi connectivity index (χ1) is 15.3. The topological polar surface area (TPSA) is 20.3 Å². The van der Waals surface area contributed by atoms with E-state index < -0.39 is 0 Å². The predicted octanol–water partition coefficient (Wildman–Crippen LogP) is 9.68. The number of nitrogens with zero attached hydrogens (tertiary/aromatic N) is 1. The lowest BCUT2D eigenvalue weighted by molar-refractivity contribution is -0.128. The second-order valence-electron chi connectivity index (χ2n) is 9.59. The number of amides is 1. The Labute approximate surface area is 201 Å². The smallest absolute Gasteiger partial charge is 0.237 e. The van der Waals surface area contributed by atoms with Gasteiger partial charge in [0.2, 0.25) is 5.91 Å². The van der Waals surface area contributed by atoms with Crippen molar-refractivity contribution in [2.24, 2.45) is 0 Å². The predicted molar refractivity (Wildman–Crippen MR) is 140 cm³/mol. The van der Waals surface area contributed by atoms with E-state index in [-0.39, 0.29) is 11.8 Å². The van der Waals surface area contributed by atoms with E-state index in [0.717, 1.165) is 25.9 Å². The molecule has 3 heteroatoms. The molecule has 0 rings (SSSR count). The lowest BCUT2D eigenvalue weighted by Gasteiger charge is -2.22. The lowest BCUT2D eigenvalue weighted by Crippen LogP contribution is -2.33. The van der Waals surface area contributed by atoms with E-state index in [1.54, 1.807) is 0 Å². The van der Waals surface area contributed by atoms with Gasteiger partial charge in [0.05, 0.1) is 0 Å². The molecule has 0 atom stereocenters. The minimum absolute atomic E-state index is 0.126. The highest BCUT2D eigenvalue weighted by Gasteiger charge is 2.11. The van der Waals surface area contributed by atoms with Crippen LogP contribution in [-0.2, 0) is 4.79 Å². The second kappa shape index (κ2) is 26.0. The number of alkyl halides is 1. The Bertz CT molecular complexity index is 335. The van der Waals surface area contributed by atoms with Crippen molar-refractivity contribution >= 4 is 17.5 Å². The highest BCUT2D eigenvalue weighted by atomic mass is 35.5. The molecule has 0 saturated carbocycles. The van der Waals surface area contributed by atoms with E-state index in [9.17, 15) is 4.79 Å². The maximum Gasteiger partial charge on any atom is 0.237 e. The maximum atomic E-state index is 12.1. The Kier molecular flexibility index (Phi) is 25.8. The van der Waals surface area contributed by atoms with Crippen molar-refractivity contribution in [3.63, 3.8) is 0 Å². The largest absolute Gasteiger partial charge is 0.342 e. The maximum absolute atomic E-state index is 12.1. The molecule has 0 N–H and O–H groups in total. The van der Waals surface area contributed by atoms with Gasteiger partial charge in [-0.1, -0.05) is 142 Å². The molecule has 0 saturated heterocycles. The summed E-state index contributed by atoms with van der Waals surface area (Å²) in [5.74, 6) is 0.261. The van der Waals surface area contributed by atoms with E-state index in [2.05, 4.69) is 13.8 Å². The fraction of sp³-hybridized carbons (Fsp3) is 0.964. The Hall–Kier alpha value is -0.240. The van der Waals surface area contributed by atoms with Crippen LogP contribution in [0, 0.1) is 0 Å². The van der Waals surface area contributed by atoms with Gasteiger partial charge >= 0.3 is 0 Å². The van der Waals surface area contributed by atoms with Crippen molar-refractivity contribution in [3.8, 4) is 0 Å². The molecule has 0 unspecified atom stereocenters. The van der Waals surface area contributed by atoms with Crippen LogP contribution < -0.4 is 0 Å². The standard InChI is InChI=1S/C28H56ClNO/c1-3-5-7-9-11-13-15-17-19-21-23-25-30(28(31)27-29)26-24-22-20-18-16-14-12-10-8-6-4-2/h3-27H2,1-2H3. The number of hydrogen-bond donors (Lipinski definition) is 0. The quantitative estimate of drug-likeness (QED) is 0.0985. The average molecular weight is 458 g/mol. The molecular weight excluding hydrogens is 402 g/mol. The van der Waals surface area contributed by atoms with Gasteiger partial charge in [-0.15, -0.1) is 11.6 Å². The van der Waals surface area contributed by atoms with Crippen LogP contribution in [0.2, 0.25) is 0 Å². The molecule has 0 aliphatic carbocycles. The number of carbonyl (C=O) groups is 1. The number of carbonyl (C=O) groups excluding carboxylic acids is 1. The van der Waals surface area contributed by atoms with Crippen LogP contribution in [0.25, 0.3) is 0 Å².